The lowest BCUT2D eigenvalue weighted by Crippen LogP contribution is -2.79. The van der Waals surface area contributed by atoms with Gasteiger partial charge in [-0.2, -0.15) is 0 Å². The molecule has 1 N–H and O–H groups in total. The highest BCUT2D eigenvalue weighted by molar-refractivity contribution is 5.73. The van der Waals surface area contributed by atoms with Crippen LogP contribution in [0.2, 0.25) is 0 Å². The summed E-state index contributed by atoms with van der Waals surface area (Å²) in [7, 11) is 0. The minimum Gasteiger partial charge on any atom is -0.465 e. The highest BCUT2D eigenvalue weighted by atomic mass is 16.7. The van der Waals surface area contributed by atoms with Crippen LogP contribution in [0.1, 0.15) is 74.1 Å². The summed E-state index contributed by atoms with van der Waals surface area (Å²) in [6, 6.07) is 0. The number of aliphatic hydroxyl groups excluding tert-OH is 1. The summed E-state index contributed by atoms with van der Waals surface area (Å²) in [5.74, 6) is -3.67. The third kappa shape index (κ3) is 5.06. The number of carbonyl (C=O) groups is 4. The molecule has 3 heterocycles. The number of esters is 4. The summed E-state index contributed by atoms with van der Waals surface area (Å²) in [5.41, 5.74) is -3.61. The molecule has 1 spiro atoms. The molecule has 0 radical (unpaired) electrons. The van der Waals surface area contributed by atoms with E-state index in [2.05, 4.69) is 0 Å². The van der Waals surface area contributed by atoms with Crippen molar-refractivity contribution in [2.24, 2.45) is 34.5 Å². The molecule has 3 saturated heterocycles. The molecule has 2 aliphatic carbocycles. The van der Waals surface area contributed by atoms with Gasteiger partial charge in [-0.3, -0.25) is 19.2 Å². The van der Waals surface area contributed by atoms with Crippen LogP contribution < -0.4 is 0 Å². The Hall–Kier alpha value is -2.28. The lowest BCUT2D eigenvalue weighted by molar-refractivity contribution is -0.314. The Morgan fingerprint density at radius 1 is 1.02 bits per heavy atom. The number of hydrogen-bond donors (Lipinski definition) is 1. The third-order valence-corrected chi connectivity index (χ3v) is 11.2. The van der Waals surface area contributed by atoms with E-state index < -0.39 is 76.6 Å². The van der Waals surface area contributed by atoms with Crippen LogP contribution in [0.4, 0.5) is 0 Å². The second-order valence-electron chi connectivity index (χ2n) is 13.5. The minimum absolute atomic E-state index is 0.0375. The summed E-state index contributed by atoms with van der Waals surface area (Å²) in [4.78, 5) is 50.8. The van der Waals surface area contributed by atoms with E-state index in [1.54, 1.807) is 6.92 Å². The molecule has 0 aromatic heterocycles. The first-order valence-electron chi connectivity index (χ1n) is 15.5. The first kappa shape index (κ1) is 32.1. The van der Waals surface area contributed by atoms with Crippen molar-refractivity contribution in [1.29, 1.82) is 0 Å². The highest BCUT2D eigenvalue weighted by Crippen LogP contribution is 2.71. The third-order valence-electron chi connectivity index (χ3n) is 11.2. The molecule has 12 heteroatoms. The van der Waals surface area contributed by atoms with Crippen LogP contribution in [0, 0.1) is 34.5 Å². The molecule has 5 rings (SSSR count). The van der Waals surface area contributed by atoms with Crippen LogP contribution in [0.3, 0.4) is 0 Å². The maximum Gasteiger partial charge on any atom is 0.309 e. The van der Waals surface area contributed by atoms with Gasteiger partial charge >= 0.3 is 23.9 Å². The standard InChI is InChI=1S/C31H46O12/c1-8-15(2)27(36)43-26-24(41-19(6)34)23(35)25-29(7,21-12-20-9-10-37-28(20)42-21)16(3)11-22(40-18(5)33)30(25,13-38-17(4)32)31(26)14-39-31/h15-16,20-26,28,35H,8-14H2,1-7H3. The van der Waals surface area contributed by atoms with Gasteiger partial charge in [-0.1, -0.05) is 27.7 Å². The number of carbonyl (C=O) groups excluding carboxylic acids is 4. The van der Waals surface area contributed by atoms with Gasteiger partial charge in [0.25, 0.3) is 0 Å². The fourth-order valence-electron chi connectivity index (χ4n) is 8.64. The predicted octanol–water partition coefficient (Wildman–Crippen LogP) is 2.31. The fraction of sp³-hybridized carbons (Fsp3) is 0.871. The van der Waals surface area contributed by atoms with Crippen molar-refractivity contribution in [3.05, 3.63) is 0 Å². The number of aliphatic hydroxyl groups is 1. The number of ether oxygens (including phenoxy) is 7. The fourth-order valence-corrected chi connectivity index (χ4v) is 8.64. The van der Waals surface area contributed by atoms with Crippen molar-refractivity contribution < 1.29 is 57.4 Å². The van der Waals surface area contributed by atoms with E-state index in [0.29, 0.717) is 25.9 Å². The lowest BCUT2D eigenvalue weighted by atomic mass is 9.40. The summed E-state index contributed by atoms with van der Waals surface area (Å²) in [5, 5.41) is 12.5. The molecule has 13 unspecified atom stereocenters. The zero-order valence-electron chi connectivity index (χ0n) is 26.2. The van der Waals surface area contributed by atoms with Gasteiger partial charge in [0.2, 0.25) is 0 Å². The quantitative estimate of drug-likeness (QED) is 0.243. The monoisotopic (exact) mass is 610 g/mol. The van der Waals surface area contributed by atoms with Crippen LogP contribution in [-0.4, -0.2) is 91.2 Å². The molecule has 0 amide bonds. The van der Waals surface area contributed by atoms with E-state index in [1.807, 2.05) is 20.8 Å². The number of fused-ring (bicyclic) bond motifs is 3. The van der Waals surface area contributed by atoms with Gasteiger partial charge in [-0.05, 0) is 31.6 Å². The van der Waals surface area contributed by atoms with Gasteiger partial charge in [-0.15, -0.1) is 0 Å². The molecule has 43 heavy (non-hydrogen) atoms. The van der Waals surface area contributed by atoms with Gasteiger partial charge in [0.15, 0.2) is 18.5 Å². The maximum absolute atomic E-state index is 13.3. The molecule has 5 aliphatic rings. The van der Waals surface area contributed by atoms with Gasteiger partial charge in [-0.25, -0.2) is 0 Å². The average molecular weight is 611 g/mol. The maximum atomic E-state index is 13.3. The summed E-state index contributed by atoms with van der Waals surface area (Å²) in [6.45, 7) is 11.8. The van der Waals surface area contributed by atoms with E-state index in [-0.39, 0.29) is 37.4 Å². The van der Waals surface area contributed by atoms with Crippen molar-refractivity contribution in [1.82, 2.24) is 0 Å². The Morgan fingerprint density at radius 3 is 2.26 bits per heavy atom. The van der Waals surface area contributed by atoms with Crippen LogP contribution >= 0.6 is 0 Å². The SMILES string of the molecule is CCC(C)C(=O)OC1C(OC(C)=O)C(O)C2C(C)(C3CC4CCOC4O3)C(C)CC(OC(C)=O)C2(COC(C)=O)C12CO2. The average Bonchev–Trinajstić information content (AvgIpc) is 3.43. The smallest absolute Gasteiger partial charge is 0.309 e. The Labute approximate surface area is 252 Å². The molecule has 0 bridgehead atoms. The van der Waals surface area contributed by atoms with Crippen molar-refractivity contribution in [2.45, 2.75) is 117 Å². The highest BCUT2D eigenvalue weighted by Gasteiger charge is 2.84. The van der Waals surface area contributed by atoms with Gasteiger partial charge in [0.05, 0.1) is 36.8 Å². The normalized spacial score (nSPS) is 45.4. The molecule has 13 atom stereocenters. The van der Waals surface area contributed by atoms with E-state index in [9.17, 15) is 24.3 Å². The van der Waals surface area contributed by atoms with Crippen molar-refractivity contribution in [3.8, 4) is 0 Å². The van der Waals surface area contributed by atoms with E-state index in [0.717, 1.165) is 6.42 Å². The zero-order chi connectivity index (χ0) is 31.5. The molecular formula is C31H46O12. The second-order valence-corrected chi connectivity index (χ2v) is 13.5. The van der Waals surface area contributed by atoms with Crippen LogP contribution in [0.25, 0.3) is 0 Å². The molecule has 242 valence electrons. The van der Waals surface area contributed by atoms with Crippen molar-refractivity contribution in [2.75, 3.05) is 19.8 Å². The van der Waals surface area contributed by atoms with Crippen LogP contribution in [0.5, 0.6) is 0 Å². The number of epoxide rings is 1. The van der Waals surface area contributed by atoms with E-state index >= 15 is 0 Å². The van der Waals surface area contributed by atoms with Gasteiger partial charge < -0.3 is 38.3 Å². The zero-order valence-corrected chi connectivity index (χ0v) is 26.2. The Kier molecular flexibility index (Phi) is 8.65. The van der Waals surface area contributed by atoms with Gasteiger partial charge in [0, 0.05) is 38.0 Å². The summed E-state index contributed by atoms with van der Waals surface area (Å²) < 4.78 is 42.3. The predicted molar refractivity (Wildman–Crippen MR) is 147 cm³/mol. The first-order chi connectivity index (χ1) is 20.2. The molecule has 5 fully saturated rings. The molecule has 0 aromatic rings. The Morgan fingerprint density at radius 2 is 1.70 bits per heavy atom. The summed E-state index contributed by atoms with van der Waals surface area (Å²) in [6.07, 6.45) is -3.29. The Balaban J connectivity index is 1.71. The first-order valence-corrected chi connectivity index (χ1v) is 15.5. The number of rotatable bonds is 8. The minimum atomic E-state index is -1.43. The van der Waals surface area contributed by atoms with Crippen molar-refractivity contribution in [3.63, 3.8) is 0 Å². The largest absolute Gasteiger partial charge is 0.465 e. The molecular weight excluding hydrogens is 564 g/mol. The molecule has 12 nitrogen and oxygen atoms in total. The molecule has 2 saturated carbocycles. The van der Waals surface area contributed by atoms with E-state index in [4.69, 9.17) is 33.2 Å². The Bertz CT molecular complexity index is 1110. The summed E-state index contributed by atoms with van der Waals surface area (Å²) >= 11 is 0. The lowest BCUT2D eigenvalue weighted by Gasteiger charge is -2.66. The topological polar surface area (TPSA) is 156 Å². The number of hydrogen-bond acceptors (Lipinski definition) is 12. The van der Waals surface area contributed by atoms with Crippen molar-refractivity contribution >= 4 is 23.9 Å². The van der Waals surface area contributed by atoms with E-state index in [1.165, 1.54) is 20.8 Å². The second kappa shape index (κ2) is 11.6. The van der Waals surface area contributed by atoms with Crippen LogP contribution in [-0.2, 0) is 52.3 Å². The molecule has 0 aromatic carbocycles. The molecule has 3 aliphatic heterocycles. The van der Waals surface area contributed by atoms with Crippen LogP contribution in [0.15, 0.2) is 0 Å². The van der Waals surface area contributed by atoms with Gasteiger partial charge in [0.1, 0.15) is 18.3 Å².